The molecule has 7 nitrogen and oxygen atoms in total. The molecule has 168 valence electrons. The van der Waals surface area contributed by atoms with Crippen LogP contribution in [-0.2, 0) is 28.2 Å². The van der Waals surface area contributed by atoms with Gasteiger partial charge in [0.2, 0.25) is 5.91 Å². The third-order valence-corrected chi connectivity index (χ3v) is 7.16. The fourth-order valence-corrected chi connectivity index (χ4v) is 4.57. The highest BCUT2D eigenvalue weighted by Crippen LogP contribution is 2.21. The molecule has 3 rings (SSSR count). The molecule has 31 heavy (non-hydrogen) atoms. The lowest BCUT2D eigenvalue weighted by Gasteiger charge is -2.32. The number of benzene rings is 2. The van der Waals surface area contributed by atoms with Gasteiger partial charge in [0.05, 0.1) is 5.92 Å². The average molecular weight is 450 g/mol. The molecule has 0 unspecified atom stereocenters. The van der Waals surface area contributed by atoms with Gasteiger partial charge in [-0.05, 0) is 48.2 Å². The Labute approximate surface area is 183 Å². The molecule has 1 N–H and O–H groups in total. The smallest absolute Gasteiger partial charge is 0.281 e. The summed E-state index contributed by atoms with van der Waals surface area (Å²) >= 11 is 0. The van der Waals surface area contributed by atoms with Crippen molar-refractivity contribution < 1.29 is 22.3 Å². The van der Waals surface area contributed by atoms with Crippen molar-refractivity contribution in [1.29, 1.82) is 0 Å². The summed E-state index contributed by atoms with van der Waals surface area (Å²) in [5, 5.41) is 2.90. The molecular formula is C22H28FN3O4S. The van der Waals surface area contributed by atoms with E-state index in [4.69, 9.17) is 4.74 Å². The van der Waals surface area contributed by atoms with Crippen molar-refractivity contribution in [3.05, 3.63) is 65.5 Å². The van der Waals surface area contributed by atoms with Crippen LogP contribution in [0.4, 0.5) is 4.39 Å². The zero-order valence-electron chi connectivity index (χ0n) is 17.8. The van der Waals surface area contributed by atoms with Crippen LogP contribution in [0.2, 0.25) is 0 Å². The number of carbonyl (C=O) groups excluding carboxylic acids is 1. The first-order valence-electron chi connectivity index (χ1n) is 10.2. The molecule has 1 amide bonds. The summed E-state index contributed by atoms with van der Waals surface area (Å²) in [6, 6.07) is 13.5. The number of ether oxygens (including phenoxy) is 1. The summed E-state index contributed by atoms with van der Waals surface area (Å²) in [7, 11) is -0.528. The van der Waals surface area contributed by atoms with Crippen LogP contribution in [-0.4, -0.2) is 50.1 Å². The summed E-state index contributed by atoms with van der Waals surface area (Å²) in [5.74, 6) is -0.108. The van der Waals surface area contributed by atoms with E-state index in [1.165, 1.54) is 34.8 Å². The Hall–Kier alpha value is -2.49. The van der Waals surface area contributed by atoms with Crippen molar-refractivity contribution >= 4 is 16.1 Å². The van der Waals surface area contributed by atoms with Crippen molar-refractivity contribution in [2.24, 2.45) is 5.92 Å². The molecule has 0 spiro atoms. The van der Waals surface area contributed by atoms with E-state index in [0.29, 0.717) is 38.3 Å². The third-order valence-electron chi connectivity index (χ3n) is 5.25. The van der Waals surface area contributed by atoms with E-state index in [2.05, 4.69) is 5.32 Å². The molecule has 1 heterocycles. The van der Waals surface area contributed by atoms with Crippen LogP contribution in [0.3, 0.4) is 0 Å². The molecule has 1 saturated heterocycles. The highest BCUT2D eigenvalue weighted by molar-refractivity contribution is 7.86. The summed E-state index contributed by atoms with van der Waals surface area (Å²) in [4.78, 5) is 12.6. The van der Waals surface area contributed by atoms with Gasteiger partial charge in [-0.1, -0.05) is 24.3 Å². The van der Waals surface area contributed by atoms with E-state index in [0.717, 1.165) is 11.1 Å². The van der Waals surface area contributed by atoms with Crippen molar-refractivity contribution in [2.45, 2.75) is 26.0 Å². The van der Waals surface area contributed by atoms with Crippen LogP contribution in [0.15, 0.2) is 48.5 Å². The van der Waals surface area contributed by atoms with Crippen LogP contribution in [0.1, 0.15) is 24.0 Å². The Morgan fingerprint density at radius 1 is 1.13 bits per heavy atom. The summed E-state index contributed by atoms with van der Waals surface area (Å²) < 4.78 is 45.8. The van der Waals surface area contributed by atoms with Crippen molar-refractivity contribution in [3.63, 3.8) is 0 Å². The largest absolute Gasteiger partial charge is 0.489 e. The van der Waals surface area contributed by atoms with Crippen LogP contribution in [0, 0.1) is 11.7 Å². The molecule has 1 atom stereocenters. The number of rotatable bonds is 8. The molecule has 1 fully saturated rings. The van der Waals surface area contributed by atoms with Crippen LogP contribution >= 0.6 is 0 Å². The van der Waals surface area contributed by atoms with E-state index >= 15 is 0 Å². The number of amides is 1. The van der Waals surface area contributed by atoms with Crippen molar-refractivity contribution in [1.82, 2.24) is 13.9 Å². The fraction of sp³-hybridized carbons (Fsp3) is 0.409. The summed E-state index contributed by atoms with van der Waals surface area (Å²) in [5.41, 5.74) is 1.78. The zero-order chi connectivity index (χ0) is 22.4. The third kappa shape index (κ3) is 6.25. The lowest BCUT2D eigenvalue weighted by molar-refractivity contribution is -0.126. The van der Waals surface area contributed by atoms with Gasteiger partial charge in [0.15, 0.2) is 0 Å². The van der Waals surface area contributed by atoms with Crippen LogP contribution in [0.5, 0.6) is 5.75 Å². The van der Waals surface area contributed by atoms with E-state index < -0.39 is 10.2 Å². The van der Waals surface area contributed by atoms with Gasteiger partial charge in [-0.2, -0.15) is 17.0 Å². The van der Waals surface area contributed by atoms with Gasteiger partial charge in [-0.25, -0.2) is 4.39 Å². The van der Waals surface area contributed by atoms with Gasteiger partial charge in [0.1, 0.15) is 18.2 Å². The van der Waals surface area contributed by atoms with Gasteiger partial charge in [-0.15, -0.1) is 0 Å². The van der Waals surface area contributed by atoms with E-state index in [-0.39, 0.29) is 24.2 Å². The minimum Gasteiger partial charge on any atom is -0.489 e. The molecule has 2 aromatic carbocycles. The predicted molar refractivity (Wildman–Crippen MR) is 116 cm³/mol. The normalized spacial score (nSPS) is 17.5. The summed E-state index contributed by atoms with van der Waals surface area (Å²) in [6.07, 6.45) is 1.33. The maximum Gasteiger partial charge on any atom is 0.281 e. The van der Waals surface area contributed by atoms with Gasteiger partial charge in [0, 0.05) is 33.7 Å². The first-order valence-corrected chi connectivity index (χ1v) is 11.6. The van der Waals surface area contributed by atoms with Crippen LogP contribution in [0.25, 0.3) is 0 Å². The number of carbonyl (C=O) groups is 1. The first-order chi connectivity index (χ1) is 14.8. The Kier molecular flexibility index (Phi) is 7.64. The van der Waals surface area contributed by atoms with Gasteiger partial charge >= 0.3 is 0 Å². The minimum atomic E-state index is -3.51. The number of piperidine rings is 1. The lowest BCUT2D eigenvalue weighted by atomic mass is 9.99. The molecule has 0 bridgehead atoms. The lowest BCUT2D eigenvalue weighted by Crippen LogP contribution is -2.48. The second-order valence-corrected chi connectivity index (χ2v) is 9.91. The van der Waals surface area contributed by atoms with Crippen molar-refractivity contribution in [3.8, 4) is 5.75 Å². The maximum absolute atomic E-state index is 12.9. The second-order valence-electron chi connectivity index (χ2n) is 7.76. The van der Waals surface area contributed by atoms with Crippen LogP contribution < -0.4 is 10.1 Å². The second kappa shape index (κ2) is 10.2. The van der Waals surface area contributed by atoms with E-state index in [1.807, 2.05) is 24.3 Å². The molecular weight excluding hydrogens is 421 g/mol. The molecule has 9 heteroatoms. The quantitative estimate of drug-likeness (QED) is 0.672. The first kappa shape index (κ1) is 23.2. The molecule has 2 aromatic rings. The average Bonchev–Trinajstić information content (AvgIpc) is 2.77. The Balaban J connectivity index is 1.48. The maximum atomic E-state index is 12.9. The minimum absolute atomic E-state index is 0.143. The zero-order valence-corrected chi connectivity index (χ0v) is 18.6. The monoisotopic (exact) mass is 449 g/mol. The topological polar surface area (TPSA) is 79.0 Å². The molecule has 0 aromatic heterocycles. The van der Waals surface area contributed by atoms with Crippen molar-refractivity contribution in [2.75, 3.05) is 27.2 Å². The fourth-order valence-electron chi connectivity index (χ4n) is 3.38. The SMILES string of the molecule is CN(C)S(=O)(=O)N1CCC[C@H](C(=O)NCc2ccc(OCc3ccc(F)cc3)cc2)C1. The molecule has 0 saturated carbocycles. The predicted octanol–water partition coefficient (Wildman–Crippen LogP) is 2.54. The van der Waals surface area contributed by atoms with Gasteiger partial charge < -0.3 is 10.1 Å². The molecule has 1 aliphatic heterocycles. The number of halogens is 1. The summed E-state index contributed by atoms with van der Waals surface area (Å²) in [6.45, 7) is 1.32. The van der Waals surface area contributed by atoms with Gasteiger partial charge in [-0.3, -0.25) is 4.79 Å². The Morgan fingerprint density at radius 2 is 1.77 bits per heavy atom. The van der Waals surface area contributed by atoms with E-state index in [1.54, 1.807) is 12.1 Å². The number of hydrogen-bond acceptors (Lipinski definition) is 4. The number of hydrogen-bond donors (Lipinski definition) is 1. The number of nitrogens with zero attached hydrogens (tertiary/aromatic N) is 2. The number of nitrogens with one attached hydrogen (secondary N) is 1. The Morgan fingerprint density at radius 3 is 2.42 bits per heavy atom. The van der Waals surface area contributed by atoms with E-state index in [9.17, 15) is 17.6 Å². The molecule has 0 aliphatic carbocycles. The standard InChI is InChI=1S/C22H28FN3O4S/c1-25(2)31(28,29)26-13-3-4-19(15-26)22(27)24-14-17-7-11-21(12-8-17)30-16-18-5-9-20(23)10-6-18/h5-12,19H,3-4,13-16H2,1-2H3,(H,24,27)/t19-/m0/s1. The Bertz CT molecular complexity index is 979. The molecule has 1 aliphatic rings. The highest BCUT2D eigenvalue weighted by Gasteiger charge is 2.33. The van der Waals surface area contributed by atoms with Gasteiger partial charge in [0.25, 0.3) is 10.2 Å². The highest BCUT2D eigenvalue weighted by atomic mass is 32.2. The molecule has 0 radical (unpaired) electrons.